The molecule has 2 aromatic rings. The van der Waals surface area contributed by atoms with Gasteiger partial charge in [0.15, 0.2) is 0 Å². The summed E-state index contributed by atoms with van der Waals surface area (Å²) in [6.07, 6.45) is 0. The molecule has 0 saturated heterocycles. The van der Waals surface area contributed by atoms with E-state index in [0.717, 1.165) is 10.9 Å². The Hall–Kier alpha value is -1.22. The minimum absolute atomic E-state index is 0.424. The number of thiophene rings is 1. The van der Waals surface area contributed by atoms with Crippen LogP contribution in [0.2, 0.25) is 0 Å². The van der Waals surface area contributed by atoms with Gasteiger partial charge in [-0.2, -0.15) is 0 Å². The topological polar surface area (TPSA) is 0 Å². The minimum atomic E-state index is -0.554. The largest absolute Gasteiger partial charge is 0.207 e. The van der Waals surface area contributed by atoms with Crippen molar-refractivity contribution in [3.05, 3.63) is 47.3 Å². The summed E-state index contributed by atoms with van der Waals surface area (Å²) in [5.74, 6) is -1.09. The second-order valence-electron chi connectivity index (χ2n) is 2.54. The number of hydrogen-bond acceptors (Lipinski definition) is 1. The molecule has 0 unspecified atom stereocenters. The van der Waals surface area contributed by atoms with Crippen molar-refractivity contribution >= 4 is 11.3 Å². The monoisotopic (exact) mass is 195 g/mol. The van der Waals surface area contributed by atoms with E-state index in [9.17, 15) is 8.78 Å². The fourth-order valence-corrected chi connectivity index (χ4v) is 1.76. The van der Waals surface area contributed by atoms with Crippen LogP contribution in [0.4, 0.5) is 8.78 Å². The maximum Gasteiger partial charge on any atom is 0.134 e. The van der Waals surface area contributed by atoms with Crippen LogP contribution in [-0.2, 0) is 0 Å². The first-order valence-corrected chi connectivity index (χ1v) is 4.55. The molecule has 0 N–H and O–H groups in total. The molecule has 0 amide bonds. The summed E-state index contributed by atoms with van der Waals surface area (Å²) < 4.78 is 25.7. The molecule has 3 heteroatoms. The van der Waals surface area contributed by atoms with E-state index >= 15 is 0 Å². The average molecular weight is 195 g/mol. The third-order valence-electron chi connectivity index (χ3n) is 1.66. The fraction of sp³-hybridized carbons (Fsp3) is 0. The van der Waals surface area contributed by atoms with Crippen molar-refractivity contribution in [1.29, 1.82) is 0 Å². The molecule has 1 aromatic heterocycles. The smallest absolute Gasteiger partial charge is 0.134 e. The van der Waals surface area contributed by atoms with Crippen molar-refractivity contribution < 1.29 is 8.78 Å². The Bertz CT molecular complexity index is 407. The third-order valence-corrected chi connectivity index (χ3v) is 2.51. The highest BCUT2D eigenvalue weighted by Crippen LogP contribution is 2.26. The van der Waals surface area contributed by atoms with Gasteiger partial charge in [-0.1, -0.05) is 0 Å². The first-order valence-electron chi connectivity index (χ1n) is 3.67. The van der Waals surface area contributed by atoms with Crippen LogP contribution in [0.1, 0.15) is 0 Å². The van der Waals surface area contributed by atoms with E-state index < -0.39 is 11.6 Å². The van der Waals surface area contributed by atoms with Gasteiger partial charge in [-0.3, -0.25) is 0 Å². The van der Waals surface area contributed by atoms with Crippen LogP contribution in [0.25, 0.3) is 10.4 Å². The molecule has 0 atom stereocenters. The normalized spacial score (nSPS) is 10.3. The van der Waals surface area contributed by atoms with Gasteiger partial charge in [0, 0.05) is 16.5 Å². The van der Waals surface area contributed by atoms with Gasteiger partial charge in [0.05, 0.1) is 0 Å². The molecule has 0 bridgehead atoms. The predicted octanol–water partition coefficient (Wildman–Crippen LogP) is 3.49. The molecule has 1 radical (unpaired) electrons. The van der Waals surface area contributed by atoms with Gasteiger partial charge in [0.2, 0.25) is 0 Å². The molecule has 1 aromatic carbocycles. The molecule has 0 spiro atoms. The minimum Gasteiger partial charge on any atom is -0.207 e. The SMILES string of the molecule is Fc1ccc(-c2c[c]cs2)c(F)c1. The second-order valence-corrected chi connectivity index (χ2v) is 3.45. The quantitative estimate of drug-likeness (QED) is 0.653. The molecule has 13 heavy (non-hydrogen) atoms. The van der Waals surface area contributed by atoms with Gasteiger partial charge < -0.3 is 0 Å². The summed E-state index contributed by atoms with van der Waals surface area (Å²) in [5.41, 5.74) is 0.424. The van der Waals surface area contributed by atoms with Gasteiger partial charge in [0.1, 0.15) is 11.6 Å². The van der Waals surface area contributed by atoms with Crippen LogP contribution >= 0.6 is 11.3 Å². The van der Waals surface area contributed by atoms with E-state index in [1.807, 2.05) is 0 Å². The van der Waals surface area contributed by atoms with Crippen LogP contribution in [0.5, 0.6) is 0 Å². The van der Waals surface area contributed by atoms with Crippen LogP contribution < -0.4 is 0 Å². The molecule has 0 nitrogen and oxygen atoms in total. The highest BCUT2D eigenvalue weighted by atomic mass is 32.1. The molecule has 0 fully saturated rings. The molecule has 65 valence electrons. The second kappa shape index (κ2) is 3.26. The Morgan fingerprint density at radius 2 is 2.08 bits per heavy atom. The summed E-state index contributed by atoms with van der Waals surface area (Å²) in [4.78, 5) is 0.762. The lowest BCUT2D eigenvalue weighted by Gasteiger charge is -1.98. The van der Waals surface area contributed by atoms with Crippen molar-refractivity contribution in [3.63, 3.8) is 0 Å². The van der Waals surface area contributed by atoms with Gasteiger partial charge in [-0.25, -0.2) is 8.78 Å². The Kier molecular flexibility index (Phi) is 2.10. The molecular formula is C10H5F2S. The van der Waals surface area contributed by atoms with Crippen LogP contribution in [0, 0.1) is 17.7 Å². The summed E-state index contributed by atoms with van der Waals surface area (Å²) >= 11 is 1.38. The molecule has 2 rings (SSSR count). The first-order chi connectivity index (χ1) is 6.27. The van der Waals surface area contributed by atoms with Crippen molar-refractivity contribution in [2.24, 2.45) is 0 Å². The van der Waals surface area contributed by atoms with E-state index in [4.69, 9.17) is 0 Å². The van der Waals surface area contributed by atoms with Crippen LogP contribution in [-0.4, -0.2) is 0 Å². The van der Waals surface area contributed by atoms with Crippen molar-refractivity contribution in [2.45, 2.75) is 0 Å². The fourth-order valence-electron chi connectivity index (χ4n) is 1.07. The summed E-state index contributed by atoms with van der Waals surface area (Å²) in [7, 11) is 0. The lowest BCUT2D eigenvalue weighted by Crippen LogP contribution is -1.82. The summed E-state index contributed by atoms with van der Waals surface area (Å²) in [6, 6.07) is 8.08. The van der Waals surface area contributed by atoms with E-state index in [0.29, 0.717) is 5.56 Å². The van der Waals surface area contributed by atoms with Gasteiger partial charge >= 0.3 is 0 Å². The predicted molar refractivity (Wildman–Crippen MR) is 48.5 cm³/mol. The number of benzene rings is 1. The summed E-state index contributed by atoms with van der Waals surface area (Å²) in [5, 5.41) is 1.73. The van der Waals surface area contributed by atoms with Gasteiger partial charge in [-0.15, -0.1) is 11.3 Å². The van der Waals surface area contributed by atoms with Gasteiger partial charge in [-0.05, 0) is 29.6 Å². The maximum atomic E-state index is 13.2. The Morgan fingerprint density at radius 1 is 1.23 bits per heavy atom. The van der Waals surface area contributed by atoms with E-state index in [2.05, 4.69) is 6.07 Å². The molecule has 0 aliphatic heterocycles. The zero-order valence-electron chi connectivity index (χ0n) is 6.55. The molecule has 1 heterocycles. The highest BCUT2D eigenvalue weighted by molar-refractivity contribution is 7.13. The Labute approximate surface area is 78.5 Å². The lowest BCUT2D eigenvalue weighted by atomic mass is 10.2. The van der Waals surface area contributed by atoms with Crippen LogP contribution in [0.15, 0.2) is 29.6 Å². The van der Waals surface area contributed by atoms with Crippen molar-refractivity contribution in [3.8, 4) is 10.4 Å². The number of halogens is 2. The molecule has 0 saturated carbocycles. The molecular weight excluding hydrogens is 190 g/mol. The number of hydrogen-bond donors (Lipinski definition) is 0. The lowest BCUT2D eigenvalue weighted by molar-refractivity contribution is 0.586. The highest BCUT2D eigenvalue weighted by Gasteiger charge is 2.06. The zero-order chi connectivity index (χ0) is 9.26. The van der Waals surface area contributed by atoms with Crippen molar-refractivity contribution in [1.82, 2.24) is 0 Å². The maximum absolute atomic E-state index is 13.2. The standard InChI is InChI=1S/C10H5F2S/c11-7-3-4-8(9(12)6-7)10-2-1-5-13-10/h2-6H. The molecule has 0 aliphatic rings. The van der Waals surface area contributed by atoms with E-state index in [1.54, 1.807) is 11.4 Å². The average Bonchev–Trinajstić information content (AvgIpc) is 2.56. The van der Waals surface area contributed by atoms with Gasteiger partial charge in [0.25, 0.3) is 0 Å². The Balaban J connectivity index is 2.53. The molecule has 0 aliphatic carbocycles. The number of rotatable bonds is 1. The van der Waals surface area contributed by atoms with E-state index in [1.165, 1.54) is 23.5 Å². The zero-order valence-corrected chi connectivity index (χ0v) is 7.37. The van der Waals surface area contributed by atoms with Crippen LogP contribution in [0.3, 0.4) is 0 Å². The van der Waals surface area contributed by atoms with Crippen molar-refractivity contribution in [2.75, 3.05) is 0 Å². The Morgan fingerprint density at radius 3 is 2.69 bits per heavy atom. The first kappa shape index (κ1) is 8.38. The van der Waals surface area contributed by atoms with E-state index in [-0.39, 0.29) is 0 Å². The summed E-state index contributed by atoms with van der Waals surface area (Å²) in [6.45, 7) is 0. The third kappa shape index (κ3) is 1.60.